The van der Waals surface area contributed by atoms with E-state index < -0.39 is 0 Å². The van der Waals surface area contributed by atoms with Crippen molar-refractivity contribution in [2.24, 2.45) is 0 Å². The van der Waals surface area contributed by atoms with E-state index in [2.05, 4.69) is 5.32 Å². The molecular weight excluding hydrogens is 178 g/mol. The van der Waals surface area contributed by atoms with Gasteiger partial charge < -0.3 is 5.32 Å². The number of carbonyl (C=O) groups is 2. The lowest BCUT2D eigenvalue weighted by molar-refractivity contribution is -0.114. The third-order valence-corrected chi connectivity index (χ3v) is 1.37. The molecule has 1 rings (SSSR count). The second-order valence-corrected chi connectivity index (χ2v) is 2.42. The van der Waals surface area contributed by atoms with Gasteiger partial charge in [-0.1, -0.05) is 13.8 Å². The molecule has 1 amide bonds. The van der Waals surface area contributed by atoms with Crippen LogP contribution < -0.4 is 5.32 Å². The Kier molecular flexibility index (Phi) is 6.03. The van der Waals surface area contributed by atoms with Crippen molar-refractivity contribution in [3.05, 3.63) is 29.8 Å². The minimum atomic E-state index is -0.117. The van der Waals surface area contributed by atoms with E-state index in [9.17, 15) is 9.59 Å². The number of aldehydes is 1. The molecule has 14 heavy (non-hydrogen) atoms. The van der Waals surface area contributed by atoms with Crippen LogP contribution in [0.3, 0.4) is 0 Å². The molecule has 3 heteroatoms. The summed E-state index contributed by atoms with van der Waals surface area (Å²) in [7, 11) is 0. The van der Waals surface area contributed by atoms with Gasteiger partial charge >= 0.3 is 0 Å². The van der Waals surface area contributed by atoms with E-state index in [0.717, 1.165) is 6.29 Å². The molecule has 0 atom stereocenters. The van der Waals surface area contributed by atoms with Crippen molar-refractivity contribution >= 4 is 17.9 Å². The molecule has 0 aliphatic carbocycles. The van der Waals surface area contributed by atoms with Gasteiger partial charge in [-0.15, -0.1) is 0 Å². The first kappa shape index (κ1) is 12.4. The topological polar surface area (TPSA) is 46.2 Å². The van der Waals surface area contributed by atoms with Crippen LogP contribution >= 0.6 is 0 Å². The lowest BCUT2D eigenvalue weighted by Gasteiger charge is -2.00. The lowest BCUT2D eigenvalue weighted by Crippen LogP contribution is -2.05. The summed E-state index contributed by atoms with van der Waals surface area (Å²) in [6.07, 6.45) is 0.761. The van der Waals surface area contributed by atoms with Gasteiger partial charge in [-0.3, -0.25) is 9.59 Å². The normalized spacial score (nSPS) is 8.21. The van der Waals surface area contributed by atoms with Crippen molar-refractivity contribution in [1.29, 1.82) is 0 Å². The molecule has 3 nitrogen and oxygen atoms in total. The summed E-state index contributed by atoms with van der Waals surface area (Å²) < 4.78 is 0. The summed E-state index contributed by atoms with van der Waals surface area (Å²) in [5, 5.41) is 2.60. The van der Waals surface area contributed by atoms with Crippen LogP contribution in [-0.2, 0) is 4.79 Å². The van der Waals surface area contributed by atoms with E-state index in [1.165, 1.54) is 6.92 Å². The van der Waals surface area contributed by atoms with Gasteiger partial charge in [-0.25, -0.2) is 0 Å². The zero-order chi connectivity index (χ0) is 11.0. The SMILES string of the molecule is CC.CC(=O)Nc1ccc(C=O)cc1. The van der Waals surface area contributed by atoms with E-state index in [4.69, 9.17) is 0 Å². The third kappa shape index (κ3) is 4.40. The maximum atomic E-state index is 10.6. The number of benzene rings is 1. The first-order chi connectivity index (χ1) is 6.72. The summed E-state index contributed by atoms with van der Waals surface area (Å²) >= 11 is 0. The monoisotopic (exact) mass is 193 g/mol. The molecule has 0 heterocycles. The molecule has 1 aromatic rings. The predicted molar refractivity (Wildman–Crippen MR) is 57.5 cm³/mol. The fraction of sp³-hybridized carbons (Fsp3) is 0.273. The molecule has 1 N–H and O–H groups in total. The number of anilines is 1. The summed E-state index contributed by atoms with van der Waals surface area (Å²) in [6, 6.07) is 6.67. The molecule has 0 fully saturated rings. The molecule has 0 aromatic heterocycles. The van der Waals surface area contributed by atoms with Crippen LogP contribution in [0.1, 0.15) is 31.1 Å². The largest absolute Gasteiger partial charge is 0.326 e. The quantitative estimate of drug-likeness (QED) is 0.733. The molecule has 0 aliphatic heterocycles. The number of nitrogens with one attached hydrogen (secondary N) is 1. The van der Waals surface area contributed by atoms with Gasteiger partial charge in [0.1, 0.15) is 6.29 Å². The van der Waals surface area contributed by atoms with Crippen molar-refractivity contribution in [2.75, 3.05) is 5.32 Å². The number of rotatable bonds is 2. The highest BCUT2D eigenvalue weighted by atomic mass is 16.1. The van der Waals surface area contributed by atoms with Gasteiger partial charge in [0.2, 0.25) is 5.91 Å². The van der Waals surface area contributed by atoms with Crippen LogP contribution in [0, 0.1) is 0 Å². The van der Waals surface area contributed by atoms with Crippen molar-refractivity contribution < 1.29 is 9.59 Å². The van der Waals surface area contributed by atoms with Gasteiger partial charge in [0, 0.05) is 18.2 Å². The second-order valence-electron chi connectivity index (χ2n) is 2.42. The number of amides is 1. The Labute approximate surface area is 84.1 Å². The zero-order valence-corrected chi connectivity index (χ0v) is 8.70. The Balaban J connectivity index is 0.000000791. The standard InChI is InChI=1S/C9H9NO2.C2H6/c1-7(12)10-9-4-2-8(6-11)3-5-9;1-2/h2-6H,1H3,(H,10,12);1-2H3. The minimum absolute atomic E-state index is 0.117. The predicted octanol–water partition coefficient (Wildman–Crippen LogP) is 2.48. The molecule has 76 valence electrons. The summed E-state index contributed by atoms with van der Waals surface area (Å²) in [4.78, 5) is 20.8. The molecular formula is C11H15NO2. The van der Waals surface area contributed by atoms with E-state index >= 15 is 0 Å². The Bertz CT molecular complexity index is 291. The second kappa shape index (κ2) is 6.83. The van der Waals surface area contributed by atoms with Crippen LogP contribution in [0.5, 0.6) is 0 Å². The van der Waals surface area contributed by atoms with E-state index in [-0.39, 0.29) is 5.91 Å². The highest BCUT2D eigenvalue weighted by Crippen LogP contribution is 2.07. The number of hydrogen-bond acceptors (Lipinski definition) is 2. The summed E-state index contributed by atoms with van der Waals surface area (Å²) in [5.41, 5.74) is 1.30. The van der Waals surface area contributed by atoms with Crippen molar-refractivity contribution in [3.8, 4) is 0 Å². The fourth-order valence-electron chi connectivity index (χ4n) is 0.848. The minimum Gasteiger partial charge on any atom is -0.326 e. The lowest BCUT2D eigenvalue weighted by atomic mass is 10.2. The average Bonchev–Trinajstić information content (AvgIpc) is 2.21. The van der Waals surface area contributed by atoms with Gasteiger partial charge in [-0.05, 0) is 24.3 Å². The molecule has 0 radical (unpaired) electrons. The highest BCUT2D eigenvalue weighted by molar-refractivity contribution is 5.89. The average molecular weight is 193 g/mol. The van der Waals surface area contributed by atoms with Crippen LogP contribution in [0.15, 0.2) is 24.3 Å². The Hall–Kier alpha value is -1.64. The molecule has 1 aromatic carbocycles. The smallest absolute Gasteiger partial charge is 0.221 e. The van der Waals surface area contributed by atoms with Crippen molar-refractivity contribution in [3.63, 3.8) is 0 Å². The van der Waals surface area contributed by atoms with Crippen LogP contribution in [0.25, 0.3) is 0 Å². The van der Waals surface area contributed by atoms with Gasteiger partial charge in [0.05, 0.1) is 0 Å². The highest BCUT2D eigenvalue weighted by Gasteiger charge is 1.94. The van der Waals surface area contributed by atoms with Crippen molar-refractivity contribution in [1.82, 2.24) is 0 Å². The van der Waals surface area contributed by atoms with Crippen LogP contribution in [0.2, 0.25) is 0 Å². The van der Waals surface area contributed by atoms with Gasteiger partial charge in [0.15, 0.2) is 0 Å². The fourth-order valence-corrected chi connectivity index (χ4v) is 0.848. The molecule has 0 unspecified atom stereocenters. The zero-order valence-electron chi connectivity index (χ0n) is 8.70. The molecule has 0 bridgehead atoms. The van der Waals surface area contributed by atoms with E-state index in [0.29, 0.717) is 11.3 Å². The number of carbonyl (C=O) groups excluding carboxylic acids is 2. The number of hydrogen-bond donors (Lipinski definition) is 1. The van der Waals surface area contributed by atoms with E-state index in [1.54, 1.807) is 24.3 Å². The molecule has 0 aliphatic rings. The summed E-state index contributed by atoms with van der Waals surface area (Å²) in [6.45, 7) is 5.44. The van der Waals surface area contributed by atoms with E-state index in [1.807, 2.05) is 13.8 Å². The summed E-state index contributed by atoms with van der Waals surface area (Å²) in [5.74, 6) is -0.117. The molecule has 0 spiro atoms. The van der Waals surface area contributed by atoms with Crippen molar-refractivity contribution in [2.45, 2.75) is 20.8 Å². The molecule has 0 saturated carbocycles. The van der Waals surface area contributed by atoms with Crippen LogP contribution in [-0.4, -0.2) is 12.2 Å². The Morgan fingerprint density at radius 3 is 2.07 bits per heavy atom. The Morgan fingerprint density at radius 2 is 1.71 bits per heavy atom. The third-order valence-electron chi connectivity index (χ3n) is 1.37. The maximum Gasteiger partial charge on any atom is 0.221 e. The van der Waals surface area contributed by atoms with Gasteiger partial charge in [0.25, 0.3) is 0 Å². The Morgan fingerprint density at radius 1 is 1.21 bits per heavy atom. The molecule has 0 saturated heterocycles. The van der Waals surface area contributed by atoms with Crippen LogP contribution in [0.4, 0.5) is 5.69 Å². The first-order valence-corrected chi connectivity index (χ1v) is 4.55. The maximum absolute atomic E-state index is 10.6. The van der Waals surface area contributed by atoms with Gasteiger partial charge in [-0.2, -0.15) is 0 Å². The first-order valence-electron chi connectivity index (χ1n) is 4.55.